The van der Waals surface area contributed by atoms with Crippen molar-refractivity contribution in [1.82, 2.24) is 19.3 Å². The highest BCUT2D eigenvalue weighted by Crippen LogP contribution is 2.36. The highest BCUT2D eigenvalue weighted by molar-refractivity contribution is 9.10. The van der Waals surface area contributed by atoms with Gasteiger partial charge in [-0.15, -0.1) is 0 Å². The van der Waals surface area contributed by atoms with Gasteiger partial charge in [0.2, 0.25) is 5.91 Å². The van der Waals surface area contributed by atoms with E-state index in [2.05, 4.69) is 31.3 Å². The number of nitrogens with zero attached hydrogens (tertiary/aromatic N) is 4. The van der Waals surface area contributed by atoms with Gasteiger partial charge < -0.3 is 5.32 Å². The van der Waals surface area contributed by atoms with Crippen molar-refractivity contribution in [1.29, 1.82) is 0 Å². The number of aryl methyl sites for hydroxylation is 1. The van der Waals surface area contributed by atoms with Gasteiger partial charge in [-0.1, -0.05) is 11.6 Å². The number of carbonyl (C=O) groups is 1. The van der Waals surface area contributed by atoms with Crippen molar-refractivity contribution in [2.45, 2.75) is 12.7 Å². The average molecular weight is 465 g/mol. The summed E-state index contributed by atoms with van der Waals surface area (Å²) in [6.45, 7) is -0.437. The molecule has 0 spiro atoms. The fourth-order valence-corrected chi connectivity index (χ4v) is 3.23. The lowest BCUT2D eigenvalue weighted by Crippen LogP contribution is -2.28. The van der Waals surface area contributed by atoms with E-state index in [0.717, 1.165) is 16.7 Å². The number of fused-ring (bicyclic) bond motifs is 1. The molecule has 2 heterocycles. The monoisotopic (exact) mass is 463 g/mol. The molecular formula is C15H10BrClF3N5O2. The number of benzene rings is 1. The van der Waals surface area contributed by atoms with Crippen molar-refractivity contribution in [3.8, 4) is 0 Å². The van der Waals surface area contributed by atoms with Gasteiger partial charge in [0.05, 0.1) is 10.6 Å². The first-order valence-electron chi connectivity index (χ1n) is 7.32. The van der Waals surface area contributed by atoms with Gasteiger partial charge in [-0.2, -0.15) is 18.3 Å². The van der Waals surface area contributed by atoms with Crippen LogP contribution >= 0.6 is 27.5 Å². The van der Waals surface area contributed by atoms with Crippen LogP contribution in [0.15, 0.2) is 33.9 Å². The molecule has 7 nitrogen and oxygen atoms in total. The molecule has 2 aromatic heterocycles. The van der Waals surface area contributed by atoms with Crippen LogP contribution in [0.2, 0.25) is 5.02 Å². The average Bonchev–Trinajstić information content (AvgIpc) is 2.85. The minimum Gasteiger partial charge on any atom is -0.325 e. The van der Waals surface area contributed by atoms with E-state index in [1.165, 1.54) is 17.1 Å². The van der Waals surface area contributed by atoms with E-state index in [0.29, 0.717) is 5.65 Å². The molecule has 0 fully saturated rings. The molecule has 3 rings (SSSR count). The highest BCUT2D eigenvalue weighted by atomic mass is 79.9. The van der Waals surface area contributed by atoms with Crippen LogP contribution in [-0.2, 0) is 24.6 Å². The number of nitrogens with one attached hydrogen (secondary N) is 1. The molecule has 0 aliphatic heterocycles. The normalized spacial score (nSPS) is 11.8. The van der Waals surface area contributed by atoms with Crippen molar-refractivity contribution in [2.75, 3.05) is 5.32 Å². The number of anilines is 1. The van der Waals surface area contributed by atoms with E-state index in [9.17, 15) is 22.8 Å². The van der Waals surface area contributed by atoms with Crippen LogP contribution < -0.4 is 10.9 Å². The van der Waals surface area contributed by atoms with E-state index in [4.69, 9.17) is 11.6 Å². The summed E-state index contributed by atoms with van der Waals surface area (Å²) in [5.41, 5.74) is -1.35. The molecule has 27 heavy (non-hydrogen) atoms. The van der Waals surface area contributed by atoms with Crippen molar-refractivity contribution >= 4 is 50.2 Å². The Balaban J connectivity index is 1.85. The van der Waals surface area contributed by atoms with Crippen molar-refractivity contribution in [3.05, 3.63) is 50.1 Å². The lowest BCUT2D eigenvalue weighted by atomic mass is 10.2. The molecule has 0 bridgehead atoms. The van der Waals surface area contributed by atoms with Crippen molar-refractivity contribution in [2.24, 2.45) is 7.05 Å². The van der Waals surface area contributed by atoms with Crippen LogP contribution in [0.3, 0.4) is 0 Å². The summed E-state index contributed by atoms with van der Waals surface area (Å²) in [5.74, 6) is -0.700. The smallest absolute Gasteiger partial charge is 0.325 e. The summed E-state index contributed by atoms with van der Waals surface area (Å²) in [6.07, 6.45) is -3.49. The molecule has 1 amide bonds. The van der Waals surface area contributed by atoms with Crippen molar-refractivity contribution < 1.29 is 18.0 Å². The lowest BCUT2D eigenvalue weighted by Gasteiger charge is -2.12. The van der Waals surface area contributed by atoms with Gasteiger partial charge in [-0.25, -0.2) is 9.67 Å². The Hall–Kier alpha value is -2.40. The Kier molecular flexibility index (Phi) is 5.00. The molecule has 0 saturated carbocycles. The first kappa shape index (κ1) is 19.4. The summed E-state index contributed by atoms with van der Waals surface area (Å²) >= 11 is 8.69. The van der Waals surface area contributed by atoms with Gasteiger partial charge in [0, 0.05) is 12.7 Å². The van der Waals surface area contributed by atoms with Crippen LogP contribution in [0.4, 0.5) is 18.9 Å². The van der Waals surface area contributed by atoms with Gasteiger partial charge in [0.1, 0.15) is 22.9 Å². The molecule has 0 atom stereocenters. The van der Waals surface area contributed by atoms with Crippen LogP contribution in [-0.4, -0.2) is 25.2 Å². The van der Waals surface area contributed by atoms with Gasteiger partial charge in [0.25, 0.3) is 5.56 Å². The summed E-state index contributed by atoms with van der Waals surface area (Å²) in [5, 5.41) is 6.04. The zero-order valence-electron chi connectivity index (χ0n) is 13.5. The first-order chi connectivity index (χ1) is 12.6. The number of aromatic nitrogens is 4. The molecule has 0 unspecified atom stereocenters. The summed E-state index contributed by atoms with van der Waals surface area (Å²) in [7, 11) is 1.61. The number of carbonyl (C=O) groups excluding carboxylic acids is 1. The maximum atomic E-state index is 12.9. The van der Waals surface area contributed by atoms with E-state index in [-0.39, 0.29) is 15.7 Å². The number of halogens is 5. The van der Waals surface area contributed by atoms with Gasteiger partial charge in [-0.3, -0.25) is 14.2 Å². The number of alkyl halides is 3. The Bertz CT molecular complexity index is 1110. The molecule has 0 radical (unpaired) electrons. The Morgan fingerprint density at radius 3 is 2.74 bits per heavy atom. The lowest BCUT2D eigenvalue weighted by molar-refractivity contribution is -0.137. The standard InChI is InChI=1S/C15H10BrClF3N5O2/c1-24-13-11(12(16)23-24)14(27)25(6-21-13)5-10(26)22-7-2-3-9(17)8(4-7)15(18,19)20/h2-4,6H,5H2,1H3,(H,22,26). The molecule has 3 aromatic rings. The van der Waals surface area contributed by atoms with E-state index in [1.54, 1.807) is 7.05 Å². The zero-order valence-corrected chi connectivity index (χ0v) is 15.9. The third-order valence-corrected chi connectivity index (χ3v) is 4.52. The predicted octanol–water partition coefficient (Wildman–Crippen LogP) is 3.20. The molecule has 0 saturated heterocycles. The third-order valence-electron chi connectivity index (χ3n) is 3.64. The Morgan fingerprint density at radius 1 is 1.37 bits per heavy atom. The second-order valence-corrected chi connectivity index (χ2v) is 6.69. The molecule has 12 heteroatoms. The number of rotatable bonds is 3. The topological polar surface area (TPSA) is 81.8 Å². The zero-order chi connectivity index (χ0) is 19.9. The third kappa shape index (κ3) is 3.83. The second-order valence-electron chi connectivity index (χ2n) is 5.53. The van der Waals surface area contributed by atoms with Gasteiger partial charge in [-0.05, 0) is 34.1 Å². The van der Waals surface area contributed by atoms with Crippen LogP contribution in [0.25, 0.3) is 11.0 Å². The van der Waals surface area contributed by atoms with Crippen LogP contribution in [0.5, 0.6) is 0 Å². The fourth-order valence-electron chi connectivity index (χ4n) is 2.42. The summed E-state index contributed by atoms with van der Waals surface area (Å²) in [6, 6.07) is 2.99. The first-order valence-corrected chi connectivity index (χ1v) is 8.49. The molecule has 0 aliphatic rings. The minimum absolute atomic E-state index is 0.0960. The maximum Gasteiger partial charge on any atom is 0.417 e. The summed E-state index contributed by atoms with van der Waals surface area (Å²) in [4.78, 5) is 28.7. The SMILES string of the molecule is Cn1nc(Br)c2c(=O)n(CC(=O)Nc3ccc(Cl)c(C(F)(F)F)c3)cnc21. The largest absolute Gasteiger partial charge is 0.417 e. The van der Waals surface area contributed by atoms with Crippen LogP contribution in [0.1, 0.15) is 5.56 Å². The molecule has 1 N–H and O–H groups in total. The summed E-state index contributed by atoms with van der Waals surface area (Å²) < 4.78 is 41.4. The molecule has 0 aliphatic carbocycles. The van der Waals surface area contributed by atoms with Crippen LogP contribution in [0, 0.1) is 0 Å². The number of hydrogen-bond donors (Lipinski definition) is 1. The molecular weight excluding hydrogens is 455 g/mol. The number of amides is 1. The Labute approximate surface area is 162 Å². The second kappa shape index (κ2) is 6.97. The van der Waals surface area contributed by atoms with Gasteiger partial charge in [0.15, 0.2) is 5.65 Å². The quantitative estimate of drug-likeness (QED) is 0.645. The maximum absolute atomic E-state index is 12.9. The minimum atomic E-state index is -4.66. The highest BCUT2D eigenvalue weighted by Gasteiger charge is 2.33. The van der Waals surface area contributed by atoms with E-state index in [1.807, 2.05) is 0 Å². The molecule has 1 aromatic carbocycles. The Morgan fingerprint density at radius 2 is 2.07 bits per heavy atom. The van der Waals surface area contributed by atoms with E-state index >= 15 is 0 Å². The fraction of sp³-hybridized carbons (Fsp3) is 0.200. The predicted molar refractivity (Wildman–Crippen MR) is 95.6 cm³/mol. The molecule has 142 valence electrons. The van der Waals surface area contributed by atoms with E-state index < -0.39 is 34.8 Å². The van der Waals surface area contributed by atoms with Gasteiger partial charge >= 0.3 is 6.18 Å². The number of hydrogen-bond acceptors (Lipinski definition) is 4. The van der Waals surface area contributed by atoms with Crippen molar-refractivity contribution in [3.63, 3.8) is 0 Å².